The Balaban J connectivity index is 2.00. The number of rotatable bonds is 5. The molecule has 5 nitrogen and oxygen atoms in total. The first-order valence-electron chi connectivity index (χ1n) is 6.81. The van der Waals surface area contributed by atoms with E-state index in [1.54, 1.807) is 48.5 Å². The van der Waals surface area contributed by atoms with Gasteiger partial charge in [-0.15, -0.1) is 0 Å². The topological polar surface area (TPSA) is 64.6 Å². The van der Waals surface area contributed by atoms with Crippen molar-refractivity contribution in [1.82, 2.24) is 0 Å². The largest absolute Gasteiger partial charge is 0.496 e. The molecule has 0 aliphatic carbocycles. The van der Waals surface area contributed by atoms with Gasteiger partial charge < -0.3 is 14.8 Å². The molecular weight excluding hydrogens is 282 g/mol. The lowest BCUT2D eigenvalue weighted by Crippen LogP contribution is -2.30. The molecule has 1 unspecified atom stereocenters. The quantitative estimate of drug-likeness (QED) is 0.862. The molecule has 2 aromatic rings. The molecule has 0 heterocycles. The van der Waals surface area contributed by atoms with Gasteiger partial charge in [-0.05, 0) is 31.2 Å². The normalized spacial score (nSPS) is 11.4. The van der Waals surface area contributed by atoms with Crippen LogP contribution >= 0.6 is 0 Å². The van der Waals surface area contributed by atoms with Crippen molar-refractivity contribution in [3.8, 4) is 5.75 Å². The number of hydrogen-bond donors (Lipinski definition) is 1. The zero-order valence-electron chi connectivity index (χ0n) is 12.4. The lowest BCUT2D eigenvalue weighted by Gasteiger charge is -2.14. The second kappa shape index (κ2) is 7.26. The van der Waals surface area contributed by atoms with Gasteiger partial charge in [0.2, 0.25) is 0 Å². The molecule has 0 aromatic heterocycles. The molecule has 1 amide bonds. The number of anilines is 1. The molecule has 22 heavy (non-hydrogen) atoms. The highest BCUT2D eigenvalue weighted by molar-refractivity contribution is 5.98. The van der Waals surface area contributed by atoms with Crippen molar-refractivity contribution in [1.29, 1.82) is 0 Å². The highest BCUT2D eigenvalue weighted by Gasteiger charge is 2.21. The average molecular weight is 299 g/mol. The van der Waals surface area contributed by atoms with Crippen molar-refractivity contribution in [3.63, 3.8) is 0 Å². The summed E-state index contributed by atoms with van der Waals surface area (Å²) < 4.78 is 10.3. The maximum absolute atomic E-state index is 12.1. The molecule has 5 heteroatoms. The molecular formula is C17H17NO4. The lowest BCUT2D eigenvalue weighted by atomic mass is 10.2. The van der Waals surface area contributed by atoms with Gasteiger partial charge in [0.1, 0.15) is 11.3 Å². The number of benzene rings is 2. The molecule has 1 atom stereocenters. The zero-order chi connectivity index (χ0) is 15.9. The van der Waals surface area contributed by atoms with E-state index in [4.69, 9.17) is 9.47 Å². The van der Waals surface area contributed by atoms with Crippen LogP contribution in [0.25, 0.3) is 0 Å². The minimum absolute atomic E-state index is 0.282. The van der Waals surface area contributed by atoms with Crippen LogP contribution < -0.4 is 10.1 Å². The van der Waals surface area contributed by atoms with Gasteiger partial charge in [0.25, 0.3) is 5.91 Å². The molecule has 0 fully saturated rings. The van der Waals surface area contributed by atoms with Gasteiger partial charge in [-0.2, -0.15) is 0 Å². The van der Waals surface area contributed by atoms with Crippen LogP contribution in [0.15, 0.2) is 54.6 Å². The summed E-state index contributed by atoms with van der Waals surface area (Å²) in [5.74, 6) is -0.592. The van der Waals surface area contributed by atoms with E-state index < -0.39 is 18.0 Å². The Morgan fingerprint density at radius 3 is 2.32 bits per heavy atom. The molecule has 1 N–H and O–H groups in total. The van der Waals surface area contributed by atoms with Crippen molar-refractivity contribution < 1.29 is 19.1 Å². The number of esters is 1. The van der Waals surface area contributed by atoms with Crippen molar-refractivity contribution in [3.05, 3.63) is 60.2 Å². The second-order valence-corrected chi connectivity index (χ2v) is 4.60. The van der Waals surface area contributed by atoms with Crippen LogP contribution in [0.1, 0.15) is 17.3 Å². The third kappa shape index (κ3) is 3.85. The van der Waals surface area contributed by atoms with Crippen molar-refractivity contribution in [2.24, 2.45) is 0 Å². The molecule has 0 aliphatic rings. The SMILES string of the molecule is COc1ccccc1C(=O)OC(C)C(=O)Nc1ccccc1. The summed E-state index contributed by atoms with van der Waals surface area (Å²) in [4.78, 5) is 24.1. The number of carbonyl (C=O) groups is 2. The number of nitrogens with one attached hydrogen (secondary N) is 1. The number of amides is 1. The third-order valence-corrected chi connectivity index (χ3v) is 3.02. The molecule has 0 radical (unpaired) electrons. The van der Waals surface area contributed by atoms with Gasteiger partial charge >= 0.3 is 5.97 Å². The van der Waals surface area contributed by atoms with Crippen LogP contribution in [0.4, 0.5) is 5.69 Å². The highest BCUT2D eigenvalue weighted by Crippen LogP contribution is 2.19. The van der Waals surface area contributed by atoms with E-state index >= 15 is 0 Å². The Hall–Kier alpha value is -2.82. The smallest absolute Gasteiger partial charge is 0.342 e. The van der Waals surface area contributed by atoms with E-state index in [2.05, 4.69) is 5.32 Å². The van der Waals surface area contributed by atoms with Crippen LogP contribution in [-0.2, 0) is 9.53 Å². The summed E-state index contributed by atoms with van der Waals surface area (Å²) in [6, 6.07) is 15.7. The van der Waals surface area contributed by atoms with Crippen LogP contribution in [0, 0.1) is 0 Å². The fourth-order valence-electron chi connectivity index (χ4n) is 1.86. The summed E-state index contributed by atoms with van der Waals surface area (Å²) in [6.07, 6.45) is -0.919. The van der Waals surface area contributed by atoms with E-state index in [-0.39, 0.29) is 5.56 Å². The number of carbonyl (C=O) groups excluding carboxylic acids is 2. The summed E-state index contributed by atoms with van der Waals surface area (Å²) in [5.41, 5.74) is 0.928. The van der Waals surface area contributed by atoms with E-state index in [1.165, 1.54) is 14.0 Å². The van der Waals surface area contributed by atoms with Crippen molar-refractivity contribution >= 4 is 17.6 Å². The first kappa shape index (κ1) is 15.6. The zero-order valence-corrected chi connectivity index (χ0v) is 12.4. The van der Waals surface area contributed by atoms with Crippen LogP contribution in [0.5, 0.6) is 5.75 Å². The second-order valence-electron chi connectivity index (χ2n) is 4.60. The molecule has 0 bridgehead atoms. The summed E-state index contributed by atoms with van der Waals surface area (Å²) >= 11 is 0. The van der Waals surface area contributed by atoms with Gasteiger partial charge in [0, 0.05) is 5.69 Å². The van der Waals surface area contributed by atoms with Crippen LogP contribution in [0.2, 0.25) is 0 Å². The van der Waals surface area contributed by atoms with E-state index in [0.717, 1.165) is 0 Å². The maximum atomic E-state index is 12.1. The van der Waals surface area contributed by atoms with Crippen LogP contribution in [-0.4, -0.2) is 25.1 Å². The Kier molecular flexibility index (Phi) is 5.14. The van der Waals surface area contributed by atoms with Gasteiger partial charge in [0.05, 0.1) is 7.11 Å². The molecule has 0 aliphatic heterocycles. The predicted octanol–water partition coefficient (Wildman–Crippen LogP) is 2.88. The molecule has 0 saturated heterocycles. The lowest BCUT2D eigenvalue weighted by molar-refractivity contribution is -0.123. The number of ether oxygens (including phenoxy) is 2. The number of methoxy groups -OCH3 is 1. The first-order valence-corrected chi connectivity index (χ1v) is 6.81. The standard InChI is InChI=1S/C17H17NO4/c1-12(16(19)18-13-8-4-3-5-9-13)22-17(20)14-10-6-7-11-15(14)21-2/h3-12H,1-2H3,(H,18,19). The van der Waals surface area contributed by atoms with Gasteiger partial charge in [0.15, 0.2) is 6.10 Å². The fourth-order valence-corrected chi connectivity index (χ4v) is 1.86. The number of hydrogen-bond acceptors (Lipinski definition) is 4. The van der Waals surface area contributed by atoms with E-state index in [1.807, 2.05) is 6.07 Å². The van der Waals surface area contributed by atoms with Gasteiger partial charge in [-0.1, -0.05) is 30.3 Å². The van der Waals surface area contributed by atoms with E-state index in [0.29, 0.717) is 11.4 Å². The Morgan fingerprint density at radius 2 is 1.64 bits per heavy atom. The summed E-state index contributed by atoms with van der Waals surface area (Å²) in [5, 5.41) is 2.68. The molecule has 2 aromatic carbocycles. The minimum Gasteiger partial charge on any atom is -0.496 e. The summed E-state index contributed by atoms with van der Waals surface area (Å²) in [7, 11) is 1.47. The average Bonchev–Trinajstić information content (AvgIpc) is 2.55. The van der Waals surface area contributed by atoms with Crippen LogP contribution in [0.3, 0.4) is 0 Å². The molecule has 114 valence electrons. The predicted molar refractivity (Wildman–Crippen MR) is 82.9 cm³/mol. The maximum Gasteiger partial charge on any atom is 0.342 e. The van der Waals surface area contributed by atoms with Gasteiger partial charge in [-0.3, -0.25) is 4.79 Å². The molecule has 0 spiro atoms. The molecule has 0 saturated carbocycles. The fraction of sp³-hybridized carbons (Fsp3) is 0.176. The minimum atomic E-state index is -0.919. The Labute approximate surface area is 128 Å². The van der Waals surface area contributed by atoms with Gasteiger partial charge in [-0.25, -0.2) is 4.79 Å². The van der Waals surface area contributed by atoms with Crippen molar-refractivity contribution in [2.45, 2.75) is 13.0 Å². The highest BCUT2D eigenvalue weighted by atomic mass is 16.5. The number of para-hydroxylation sites is 2. The Morgan fingerprint density at radius 1 is 1.00 bits per heavy atom. The first-order chi connectivity index (χ1) is 10.6. The monoisotopic (exact) mass is 299 g/mol. The van der Waals surface area contributed by atoms with Crippen molar-refractivity contribution in [2.75, 3.05) is 12.4 Å². The molecule has 2 rings (SSSR count). The van der Waals surface area contributed by atoms with E-state index in [9.17, 15) is 9.59 Å². The Bertz CT molecular complexity index is 655. The summed E-state index contributed by atoms with van der Waals surface area (Å²) in [6.45, 7) is 1.52. The third-order valence-electron chi connectivity index (χ3n) is 3.02.